The van der Waals surface area contributed by atoms with E-state index in [2.05, 4.69) is 12.2 Å². The number of amides is 2. The molecule has 2 bridgehead atoms. The molecule has 5 heteroatoms. The Bertz CT molecular complexity index is 788. The van der Waals surface area contributed by atoms with Gasteiger partial charge in [0.2, 0.25) is 11.8 Å². The number of benzene rings is 1. The number of fused-ring (bicyclic) bond motifs is 3. The number of imide groups is 1. The van der Waals surface area contributed by atoms with Gasteiger partial charge in [-0.05, 0) is 42.2 Å². The summed E-state index contributed by atoms with van der Waals surface area (Å²) in [6, 6.07) is 6.66. The van der Waals surface area contributed by atoms with E-state index in [-0.39, 0.29) is 46.5 Å². The maximum atomic E-state index is 13.1. The second-order valence-corrected chi connectivity index (χ2v) is 7.24. The van der Waals surface area contributed by atoms with Crippen LogP contribution in [-0.2, 0) is 14.3 Å². The molecule has 1 heterocycles. The van der Waals surface area contributed by atoms with Crippen molar-refractivity contribution in [3.63, 3.8) is 0 Å². The first-order valence-corrected chi connectivity index (χ1v) is 8.33. The normalized spacial score (nSPS) is 34.1. The zero-order valence-corrected chi connectivity index (χ0v) is 13.3. The number of hydrogen-bond acceptors (Lipinski definition) is 4. The van der Waals surface area contributed by atoms with Crippen molar-refractivity contribution in [1.29, 1.82) is 0 Å². The van der Waals surface area contributed by atoms with Gasteiger partial charge >= 0.3 is 5.97 Å². The molecule has 4 atom stereocenters. The second-order valence-electron chi connectivity index (χ2n) is 7.24. The van der Waals surface area contributed by atoms with Gasteiger partial charge in [-0.3, -0.25) is 9.59 Å². The van der Waals surface area contributed by atoms with Crippen LogP contribution in [0.2, 0.25) is 0 Å². The van der Waals surface area contributed by atoms with Crippen molar-refractivity contribution in [2.75, 3.05) is 12.0 Å². The van der Waals surface area contributed by atoms with Crippen LogP contribution in [0.4, 0.5) is 5.69 Å². The van der Waals surface area contributed by atoms with Crippen LogP contribution in [0.3, 0.4) is 0 Å². The van der Waals surface area contributed by atoms with E-state index in [4.69, 9.17) is 4.74 Å². The molecule has 0 N–H and O–H groups in total. The van der Waals surface area contributed by atoms with Crippen molar-refractivity contribution < 1.29 is 19.1 Å². The number of nitrogens with zero attached hydrogens (tertiary/aromatic N) is 1. The Labute approximate surface area is 139 Å². The molecule has 3 aliphatic carbocycles. The molecule has 1 aromatic carbocycles. The highest BCUT2D eigenvalue weighted by molar-refractivity contribution is 6.24. The summed E-state index contributed by atoms with van der Waals surface area (Å²) in [4.78, 5) is 39.4. The molecule has 0 radical (unpaired) electrons. The second kappa shape index (κ2) is 4.35. The van der Waals surface area contributed by atoms with E-state index >= 15 is 0 Å². The zero-order valence-electron chi connectivity index (χ0n) is 13.3. The number of allylic oxidation sites excluding steroid dienone is 2. The van der Waals surface area contributed by atoms with Crippen molar-refractivity contribution in [2.45, 2.75) is 12.8 Å². The Balaban J connectivity index is 1.58. The molecule has 24 heavy (non-hydrogen) atoms. The molecule has 122 valence electrons. The van der Waals surface area contributed by atoms with E-state index in [1.165, 1.54) is 12.0 Å². The van der Waals surface area contributed by atoms with Gasteiger partial charge in [-0.15, -0.1) is 0 Å². The minimum Gasteiger partial charge on any atom is -0.465 e. The molecule has 0 unspecified atom stereocenters. The summed E-state index contributed by atoms with van der Waals surface area (Å²) in [6.07, 6.45) is 6.50. The van der Waals surface area contributed by atoms with Crippen molar-refractivity contribution in [2.24, 2.45) is 29.1 Å². The van der Waals surface area contributed by atoms with E-state index in [9.17, 15) is 14.4 Å². The molecular formula is C19H17NO4. The molecule has 1 saturated heterocycles. The average molecular weight is 323 g/mol. The van der Waals surface area contributed by atoms with E-state index in [0.717, 1.165) is 12.8 Å². The molecule has 0 aromatic heterocycles. The van der Waals surface area contributed by atoms with Crippen molar-refractivity contribution in [3.05, 3.63) is 42.0 Å². The standard InChI is InChI=1S/C19H17NO4/c1-24-18(23)10-4-2-3-5-13(10)20-16(21)14-11-6-7-12(15(14)17(20)22)19(11)8-9-19/h2-7,11-12,14-15H,8-9H2,1H3/t11-,12-,14-,15-/m0/s1. The highest BCUT2D eigenvalue weighted by Crippen LogP contribution is 2.73. The number of carbonyl (C=O) groups excluding carboxylic acids is 3. The quantitative estimate of drug-likeness (QED) is 0.475. The molecular weight excluding hydrogens is 306 g/mol. The topological polar surface area (TPSA) is 63.7 Å². The fourth-order valence-corrected chi connectivity index (χ4v) is 5.27. The summed E-state index contributed by atoms with van der Waals surface area (Å²) in [5.41, 5.74) is 0.773. The lowest BCUT2D eigenvalue weighted by Gasteiger charge is -2.23. The van der Waals surface area contributed by atoms with Crippen LogP contribution >= 0.6 is 0 Å². The van der Waals surface area contributed by atoms with Crippen molar-refractivity contribution in [3.8, 4) is 0 Å². The third kappa shape index (κ3) is 1.44. The largest absolute Gasteiger partial charge is 0.465 e. The van der Waals surface area contributed by atoms with Gasteiger partial charge in [0.05, 0.1) is 30.2 Å². The van der Waals surface area contributed by atoms with Crippen LogP contribution in [0.5, 0.6) is 0 Å². The molecule has 3 fully saturated rings. The molecule has 2 amide bonds. The lowest BCUT2D eigenvalue weighted by molar-refractivity contribution is -0.123. The van der Waals surface area contributed by atoms with Gasteiger partial charge in [0.25, 0.3) is 0 Å². The molecule has 1 aliphatic heterocycles. The van der Waals surface area contributed by atoms with Crippen LogP contribution in [-0.4, -0.2) is 24.9 Å². The highest BCUT2D eigenvalue weighted by atomic mass is 16.5. The highest BCUT2D eigenvalue weighted by Gasteiger charge is 2.73. The van der Waals surface area contributed by atoms with Crippen LogP contribution in [0, 0.1) is 29.1 Å². The van der Waals surface area contributed by atoms with E-state index < -0.39 is 5.97 Å². The van der Waals surface area contributed by atoms with Crippen molar-refractivity contribution >= 4 is 23.5 Å². The summed E-state index contributed by atoms with van der Waals surface area (Å²) in [5, 5.41) is 0. The number of rotatable bonds is 2. The first-order chi connectivity index (χ1) is 11.6. The van der Waals surface area contributed by atoms with Crippen LogP contribution in [0.1, 0.15) is 23.2 Å². The summed E-state index contributed by atoms with van der Waals surface area (Å²) in [5.74, 6) is -1.03. The zero-order chi connectivity index (χ0) is 16.6. The predicted molar refractivity (Wildman–Crippen MR) is 85.0 cm³/mol. The maximum Gasteiger partial charge on any atom is 0.339 e. The SMILES string of the molecule is COC(=O)c1ccccc1N1C(=O)[C@@H]2[C@@H](C1=O)[C@@H]1C=C[C@@H]2C12CC2. The summed E-state index contributed by atoms with van der Waals surface area (Å²) >= 11 is 0. The number of ether oxygens (including phenoxy) is 1. The number of esters is 1. The third-order valence-electron chi connectivity index (χ3n) is 6.40. The third-order valence-corrected chi connectivity index (χ3v) is 6.40. The minimum absolute atomic E-state index is 0.163. The lowest BCUT2D eigenvalue weighted by Crippen LogP contribution is -2.35. The molecule has 4 aliphatic rings. The lowest BCUT2D eigenvalue weighted by atomic mass is 9.85. The fourth-order valence-electron chi connectivity index (χ4n) is 5.27. The Morgan fingerprint density at radius 1 is 1.08 bits per heavy atom. The summed E-state index contributed by atoms with van der Waals surface area (Å²) in [6.45, 7) is 0. The van der Waals surface area contributed by atoms with E-state index in [1.807, 2.05) is 0 Å². The van der Waals surface area contributed by atoms with E-state index in [1.54, 1.807) is 24.3 Å². The number of para-hydroxylation sites is 1. The Kier molecular flexibility index (Phi) is 2.53. The monoisotopic (exact) mass is 323 g/mol. The number of anilines is 1. The molecule has 5 rings (SSSR count). The summed E-state index contributed by atoms with van der Waals surface area (Å²) in [7, 11) is 1.29. The number of carbonyl (C=O) groups is 3. The van der Waals surface area contributed by atoms with Gasteiger partial charge in [0, 0.05) is 0 Å². The first-order valence-electron chi connectivity index (χ1n) is 8.33. The van der Waals surface area contributed by atoms with Gasteiger partial charge in [-0.25, -0.2) is 9.69 Å². The minimum atomic E-state index is -0.539. The number of methoxy groups -OCH3 is 1. The predicted octanol–water partition coefficient (Wildman–Crippen LogP) is 2.17. The smallest absolute Gasteiger partial charge is 0.339 e. The Morgan fingerprint density at radius 2 is 1.67 bits per heavy atom. The average Bonchev–Trinajstić information content (AvgIpc) is 3.19. The van der Waals surface area contributed by atoms with Crippen molar-refractivity contribution in [1.82, 2.24) is 0 Å². The Hall–Kier alpha value is -2.43. The summed E-state index contributed by atoms with van der Waals surface area (Å²) < 4.78 is 4.80. The van der Waals surface area contributed by atoms with E-state index in [0.29, 0.717) is 5.69 Å². The van der Waals surface area contributed by atoms with Gasteiger partial charge in [-0.1, -0.05) is 24.3 Å². The maximum absolute atomic E-state index is 13.1. The fraction of sp³-hybridized carbons (Fsp3) is 0.421. The van der Waals surface area contributed by atoms with Gasteiger partial charge in [0.15, 0.2) is 0 Å². The van der Waals surface area contributed by atoms with Crippen LogP contribution in [0.15, 0.2) is 36.4 Å². The van der Waals surface area contributed by atoms with Gasteiger partial charge in [0.1, 0.15) is 0 Å². The molecule has 5 nitrogen and oxygen atoms in total. The Morgan fingerprint density at radius 3 is 2.21 bits per heavy atom. The van der Waals surface area contributed by atoms with Crippen LogP contribution in [0.25, 0.3) is 0 Å². The molecule has 1 spiro atoms. The molecule has 1 aromatic rings. The van der Waals surface area contributed by atoms with Gasteiger partial charge < -0.3 is 4.74 Å². The molecule has 2 saturated carbocycles. The first kappa shape index (κ1) is 14.0. The van der Waals surface area contributed by atoms with Crippen LogP contribution < -0.4 is 4.90 Å². The number of hydrogen-bond donors (Lipinski definition) is 0. The van der Waals surface area contributed by atoms with Gasteiger partial charge in [-0.2, -0.15) is 0 Å².